The van der Waals surface area contributed by atoms with E-state index >= 15 is 0 Å². The van der Waals surface area contributed by atoms with Crippen molar-refractivity contribution in [2.24, 2.45) is 0 Å². The van der Waals surface area contributed by atoms with E-state index in [0.717, 1.165) is 57.8 Å². The molecule has 0 fully saturated rings. The maximum absolute atomic E-state index is 13.5. The van der Waals surface area contributed by atoms with Crippen LogP contribution in [0.1, 0.15) is 284 Å². The molecule has 0 heterocycles. The van der Waals surface area contributed by atoms with Gasteiger partial charge in [0.05, 0.1) is 33.8 Å². The second-order valence-electron chi connectivity index (χ2n) is 21.2. The second kappa shape index (κ2) is 49.1. The largest absolute Gasteiger partial charge is 0.472 e. The number of phosphoric acid groups is 1. The summed E-state index contributed by atoms with van der Waals surface area (Å²) in [4.78, 5) is 37.5. The van der Waals surface area contributed by atoms with Gasteiger partial charge >= 0.3 is 13.8 Å². The van der Waals surface area contributed by atoms with Crippen molar-refractivity contribution in [3.63, 3.8) is 0 Å². The van der Waals surface area contributed by atoms with Crippen LogP contribution in [-0.4, -0.2) is 74.3 Å². The molecule has 0 bridgehead atoms. The van der Waals surface area contributed by atoms with Crippen LogP contribution in [0.25, 0.3) is 0 Å². The molecule has 0 radical (unpaired) electrons. The first-order chi connectivity index (χ1) is 32.9. The van der Waals surface area contributed by atoms with Gasteiger partial charge in [0.25, 0.3) is 0 Å². The maximum atomic E-state index is 13.5. The van der Waals surface area contributed by atoms with Crippen LogP contribution in [0.15, 0.2) is 24.3 Å². The van der Waals surface area contributed by atoms with Gasteiger partial charge in [-0.25, -0.2) is 4.57 Å². The Morgan fingerprint density at radius 2 is 0.853 bits per heavy atom. The Morgan fingerprint density at radius 3 is 1.25 bits per heavy atom. The van der Waals surface area contributed by atoms with Crippen LogP contribution in [0, 0.1) is 0 Å². The summed E-state index contributed by atoms with van der Waals surface area (Å²) in [6.45, 7) is 7.02. The third-order valence-electron chi connectivity index (χ3n) is 13.1. The van der Waals surface area contributed by atoms with Crippen molar-refractivity contribution in [2.45, 2.75) is 296 Å². The number of likely N-dealkylation sites (N-methyl/N-ethyl adjacent to an activating group) is 1. The maximum Gasteiger partial charge on any atom is 0.472 e. The highest BCUT2D eigenvalue weighted by atomic mass is 31.2. The first-order valence-electron chi connectivity index (χ1n) is 29.2. The minimum atomic E-state index is -4.44. The van der Waals surface area contributed by atoms with E-state index in [4.69, 9.17) is 13.8 Å². The third kappa shape index (κ3) is 49.5. The lowest BCUT2D eigenvalue weighted by Gasteiger charge is -2.27. The Morgan fingerprint density at radius 1 is 0.500 bits per heavy atom. The van der Waals surface area contributed by atoms with Gasteiger partial charge < -0.3 is 19.4 Å². The standard InChI is InChI=1S/C58H113N2O7P/c1-7-10-13-16-19-22-25-27-29-30-31-32-35-38-41-44-47-50-57(61)59-55(54-66-68(63,64)65-53-52-60(4,5)6)56(49-46-43-40-37-34-24-21-18-15-12-9-3)67-58(62)51-48-45-42-39-36-33-28-26-23-20-17-14-11-8-2/h27,29,46,49,55-56H,7-26,28,30-45,47-48,50-54H2,1-6H3,(H-,59,61,63,64)/p+1/b29-27+,49-46+. The lowest BCUT2D eigenvalue weighted by Crippen LogP contribution is -2.47. The van der Waals surface area contributed by atoms with Gasteiger partial charge in [0.2, 0.25) is 5.91 Å². The average Bonchev–Trinajstić information content (AvgIpc) is 3.29. The number of quaternary nitrogens is 1. The zero-order valence-electron chi connectivity index (χ0n) is 45.9. The van der Waals surface area contributed by atoms with E-state index < -0.39 is 20.0 Å². The van der Waals surface area contributed by atoms with Gasteiger partial charge in [-0.2, -0.15) is 0 Å². The minimum Gasteiger partial charge on any atom is -0.456 e. The minimum absolute atomic E-state index is 0.0426. The number of nitrogens with one attached hydrogen (secondary N) is 1. The number of hydrogen-bond donors (Lipinski definition) is 2. The average molecular weight is 983 g/mol. The summed E-state index contributed by atoms with van der Waals surface area (Å²) in [7, 11) is 1.50. The zero-order chi connectivity index (χ0) is 50.1. The Hall–Kier alpha value is -1.51. The normalized spacial score (nSPS) is 13.9. The first-order valence-corrected chi connectivity index (χ1v) is 30.7. The predicted octanol–water partition coefficient (Wildman–Crippen LogP) is 17.4. The van der Waals surface area contributed by atoms with Crippen molar-refractivity contribution in [3.8, 4) is 0 Å². The van der Waals surface area contributed by atoms with Gasteiger partial charge in [-0.05, 0) is 57.4 Å². The molecule has 0 rings (SSSR count). The van der Waals surface area contributed by atoms with Crippen LogP contribution in [0.4, 0.5) is 0 Å². The Kier molecular flexibility index (Phi) is 48.0. The molecule has 0 aromatic carbocycles. The zero-order valence-corrected chi connectivity index (χ0v) is 46.8. The number of carbonyl (C=O) groups excluding carboxylic acids is 2. The predicted molar refractivity (Wildman–Crippen MR) is 291 cm³/mol. The summed E-state index contributed by atoms with van der Waals surface area (Å²) in [6.07, 6.45) is 55.9. The van der Waals surface area contributed by atoms with Gasteiger partial charge in [-0.1, -0.05) is 238 Å². The monoisotopic (exact) mass is 982 g/mol. The molecule has 0 aliphatic carbocycles. The van der Waals surface area contributed by atoms with Gasteiger partial charge in [-0.3, -0.25) is 18.6 Å². The van der Waals surface area contributed by atoms with E-state index in [0.29, 0.717) is 23.9 Å². The van der Waals surface area contributed by atoms with Gasteiger partial charge in [0.15, 0.2) is 0 Å². The highest BCUT2D eigenvalue weighted by molar-refractivity contribution is 7.47. The molecule has 2 N–H and O–H groups in total. The van der Waals surface area contributed by atoms with Crippen molar-refractivity contribution < 1.29 is 37.3 Å². The van der Waals surface area contributed by atoms with Crippen LogP contribution in [0.2, 0.25) is 0 Å². The van der Waals surface area contributed by atoms with E-state index in [-0.39, 0.29) is 25.1 Å². The Bertz CT molecular complexity index is 1220. The molecular weight excluding hydrogens is 868 g/mol. The van der Waals surface area contributed by atoms with Gasteiger partial charge in [-0.15, -0.1) is 0 Å². The fourth-order valence-electron chi connectivity index (χ4n) is 8.58. The molecule has 0 aliphatic rings. The topological polar surface area (TPSA) is 111 Å². The molecule has 0 aromatic rings. The fourth-order valence-corrected chi connectivity index (χ4v) is 9.32. The first kappa shape index (κ1) is 66.5. The number of phosphoric ester groups is 1. The summed E-state index contributed by atoms with van der Waals surface area (Å²) in [5.74, 6) is -0.498. The van der Waals surface area contributed by atoms with Crippen molar-refractivity contribution in [3.05, 3.63) is 24.3 Å². The quantitative estimate of drug-likeness (QED) is 0.0205. The van der Waals surface area contributed by atoms with Crippen LogP contribution in [0.3, 0.4) is 0 Å². The number of allylic oxidation sites excluding steroid dienone is 3. The second-order valence-corrected chi connectivity index (χ2v) is 22.6. The lowest BCUT2D eigenvalue weighted by molar-refractivity contribution is -0.870. The number of esters is 1. The van der Waals surface area contributed by atoms with E-state index in [1.165, 1.54) is 193 Å². The molecule has 0 aromatic heterocycles. The number of amides is 1. The fraction of sp³-hybridized carbons (Fsp3) is 0.897. The summed E-state index contributed by atoms with van der Waals surface area (Å²) in [6, 6.07) is -0.843. The number of carbonyl (C=O) groups is 2. The molecule has 3 atom stereocenters. The van der Waals surface area contributed by atoms with E-state index in [2.05, 4.69) is 38.2 Å². The van der Waals surface area contributed by atoms with Crippen molar-refractivity contribution in [2.75, 3.05) is 40.9 Å². The number of rotatable bonds is 53. The highest BCUT2D eigenvalue weighted by Gasteiger charge is 2.30. The summed E-state index contributed by atoms with van der Waals surface area (Å²) in [5, 5.41) is 3.05. The molecule has 0 saturated carbocycles. The van der Waals surface area contributed by atoms with Crippen LogP contribution >= 0.6 is 7.82 Å². The highest BCUT2D eigenvalue weighted by Crippen LogP contribution is 2.43. The Balaban J connectivity index is 5.28. The molecular formula is C58H114N2O7P+. The molecule has 10 heteroatoms. The van der Waals surface area contributed by atoms with E-state index in [1.807, 2.05) is 33.3 Å². The molecule has 68 heavy (non-hydrogen) atoms. The van der Waals surface area contributed by atoms with Crippen LogP contribution in [0.5, 0.6) is 0 Å². The number of hydrogen-bond acceptors (Lipinski definition) is 6. The molecule has 9 nitrogen and oxygen atoms in total. The van der Waals surface area contributed by atoms with Crippen molar-refractivity contribution in [1.82, 2.24) is 5.32 Å². The van der Waals surface area contributed by atoms with Crippen molar-refractivity contribution in [1.29, 1.82) is 0 Å². The van der Waals surface area contributed by atoms with Gasteiger partial charge in [0, 0.05) is 12.8 Å². The van der Waals surface area contributed by atoms with E-state index in [1.54, 1.807) is 0 Å². The number of ether oxygens (including phenoxy) is 1. The summed E-state index contributed by atoms with van der Waals surface area (Å²) < 4.78 is 30.6. The van der Waals surface area contributed by atoms with Crippen LogP contribution < -0.4 is 5.32 Å². The molecule has 3 unspecified atom stereocenters. The smallest absolute Gasteiger partial charge is 0.456 e. The number of nitrogens with zero attached hydrogens (tertiary/aromatic N) is 1. The summed E-state index contributed by atoms with van der Waals surface area (Å²) in [5.41, 5.74) is 0. The molecule has 0 saturated heterocycles. The molecule has 1 amide bonds. The van der Waals surface area contributed by atoms with Crippen molar-refractivity contribution >= 4 is 19.7 Å². The SMILES string of the molecule is CCCCCCCC/C=C/CCCCCCCCCC(=O)NC(COP(=O)(O)OCC[N+](C)(C)C)C(/C=C/CCCCCCCCCCC)OC(=O)CCCCCCCCCCCCCCCC. The third-order valence-corrected chi connectivity index (χ3v) is 14.1. The van der Waals surface area contributed by atoms with Gasteiger partial charge in [0.1, 0.15) is 19.3 Å². The summed E-state index contributed by atoms with van der Waals surface area (Å²) >= 11 is 0. The molecule has 0 aliphatic heterocycles. The Labute approximate surface area is 422 Å². The van der Waals surface area contributed by atoms with E-state index in [9.17, 15) is 19.0 Å². The number of unbranched alkanes of at least 4 members (excludes halogenated alkanes) is 35. The molecule has 402 valence electrons. The molecule has 0 spiro atoms. The van der Waals surface area contributed by atoms with Crippen LogP contribution in [-0.2, 0) is 27.9 Å². The lowest BCUT2D eigenvalue weighted by atomic mass is 10.0.